The van der Waals surface area contributed by atoms with E-state index in [9.17, 15) is 9.59 Å². The molecule has 1 aromatic carbocycles. The number of anilines is 1. The highest BCUT2D eigenvalue weighted by Gasteiger charge is 2.28. The Bertz CT molecular complexity index is 719. The minimum atomic E-state index is -0.839. The number of ether oxygens (including phenoxy) is 1. The predicted molar refractivity (Wildman–Crippen MR) is 85.2 cm³/mol. The first kappa shape index (κ1) is 16.0. The number of amides is 1. The molecule has 126 valence electrons. The molecular weight excluding hydrogens is 312 g/mol. The number of carboxylic acids is 1. The molecule has 24 heavy (non-hydrogen) atoms. The fraction of sp³-hybridized carbons (Fsp3) is 0.353. The van der Waals surface area contributed by atoms with Crippen LogP contribution in [-0.4, -0.2) is 28.7 Å². The van der Waals surface area contributed by atoms with Gasteiger partial charge in [0, 0.05) is 24.1 Å². The normalized spacial score (nSPS) is 13.5. The summed E-state index contributed by atoms with van der Waals surface area (Å²) in [7, 11) is 0. The molecule has 1 saturated carbocycles. The number of hydrogen-bond acceptors (Lipinski definition) is 5. The van der Waals surface area contributed by atoms with Gasteiger partial charge in [-0.15, -0.1) is 0 Å². The predicted octanol–water partition coefficient (Wildman–Crippen LogP) is 3.05. The molecule has 1 fully saturated rings. The molecule has 0 saturated heterocycles. The lowest BCUT2D eigenvalue weighted by molar-refractivity contribution is -0.137. The lowest BCUT2D eigenvalue weighted by Gasteiger charge is -2.07. The van der Waals surface area contributed by atoms with Crippen LogP contribution in [0, 0.1) is 0 Å². The molecule has 1 amide bonds. The maximum atomic E-state index is 12.1. The van der Waals surface area contributed by atoms with E-state index in [0.29, 0.717) is 30.4 Å². The largest absolute Gasteiger partial charge is 0.494 e. The molecule has 3 rings (SSSR count). The summed E-state index contributed by atoms with van der Waals surface area (Å²) in [6.07, 6.45) is 2.72. The van der Waals surface area contributed by atoms with Crippen molar-refractivity contribution in [3.63, 3.8) is 0 Å². The van der Waals surface area contributed by atoms with Gasteiger partial charge in [0.05, 0.1) is 12.3 Å². The van der Waals surface area contributed by atoms with Crippen LogP contribution >= 0.6 is 0 Å². The second-order valence-corrected chi connectivity index (χ2v) is 5.71. The second kappa shape index (κ2) is 7.16. The molecule has 7 nitrogen and oxygen atoms in total. The van der Waals surface area contributed by atoms with Gasteiger partial charge in [-0.25, -0.2) is 0 Å². The van der Waals surface area contributed by atoms with Crippen LogP contribution in [0.4, 0.5) is 5.69 Å². The summed E-state index contributed by atoms with van der Waals surface area (Å²) in [5, 5.41) is 15.2. The van der Waals surface area contributed by atoms with E-state index in [1.807, 2.05) is 0 Å². The Balaban J connectivity index is 1.49. The molecule has 0 spiro atoms. The summed E-state index contributed by atoms with van der Waals surface area (Å²) in [5.41, 5.74) is 1.45. The molecule has 1 aromatic heterocycles. The van der Waals surface area contributed by atoms with Crippen LogP contribution in [0.5, 0.6) is 5.75 Å². The van der Waals surface area contributed by atoms with E-state index in [0.717, 1.165) is 18.5 Å². The number of carboxylic acid groups (broad SMARTS) is 1. The molecule has 2 aromatic rings. The van der Waals surface area contributed by atoms with Crippen molar-refractivity contribution in [3.05, 3.63) is 41.8 Å². The number of benzene rings is 1. The molecule has 0 radical (unpaired) electrons. The second-order valence-electron chi connectivity index (χ2n) is 5.71. The number of hydrogen-bond donors (Lipinski definition) is 2. The van der Waals surface area contributed by atoms with Gasteiger partial charge in [-0.3, -0.25) is 9.59 Å². The van der Waals surface area contributed by atoms with E-state index < -0.39 is 5.97 Å². The molecular formula is C17H18N2O5. The lowest BCUT2D eigenvalue weighted by atomic mass is 10.2. The fourth-order valence-electron chi connectivity index (χ4n) is 2.21. The van der Waals surface area contributed by atoms with Gasteiger partial charge in [-0.2, -0.15) is 0 Å². The quantitative estimate of drug-likeness (QED) is 0.721. The first-order valence-electron chi connectivity index (χ1n) is 7.84. The van der Waals surface area contributed by atoms with Crippen LogP contribution in [0.25, 0.3) is 0 Å². The minimum absolute atomic E-state index is 0.0775. The van der Waals surface area contributed by atoms with Gasteiger partial charge in [0.25, 0.3) is 5.91 Å². The van der Waals surface area contributed by atoms with Crippen molar-refractivity contribution < 1.29 is 24.0 Å². The summed E-state index contributed by atoms with van der Waals surface area (Å²) in [6.45, 7) is 0.333. The van der Waals surface area contributed by atoms with E-state index in [1.165, 1.54) is 0 Å². The highest BCUT2D eigenvalue weighted by atomic mass is 16.5. The van der Waals surface area contributed by atoms with Crippen molar-refractivity contribution in [1.29, 1.82) is 0 Å². The molecule has 0 aliphatic heterocycles. The van der Waals surface area contributed by atoms with Gasteiger partial charge in [0.2, 0.25) is 5.76 Å². The van der Waals surface area contributed by atoms with Crippen molar-refractivity contribution in [2.45, 2.75) is 31.6 Å². The van der Waals surface area contributed by atoms with Crippen molar-refractivity contribution >= 4 is 17.6 Å². The number of aromatic nitrogens is 1. The Morgan fingerprint density at radius 3 is 2.71 bits per heavy atom. The number of nitrogens with zero attached hydrogens (tertiary/aromatic N) is 1. The molecule has 1 aliphatic rings. The highest BCUT2D eigenvalue weighted by molar-refractivity contribution is 6.02. The first-order chi connectivity index (χ1) is 11.6. The number of carbonyl (C=O) groups is 2. The lowest BCUT2D eigenvalue weighted by Crippen LogP contribution is -2.10. The molecule has 7 heteroatoms. The average Bonchev–Trinajstić information content (AvgIpc) is 3.30. The van der Waals surface area contributed by atoms with E-state index in [1.54, 1.807) is 30.3 Å². The maximum Gasteiger partial charge on any atom is 0.303 e. The van der Waals surface area contributed by atoms with Gasteiger partial charge in [0.1, 0.15) is 5.75 Å². The smallest absolute Gasteiger partial charge is 0.303 e. The zero-order valence-corrected chi connectivity index (χ0v) is 13.0. The van der Waals surface area contributed by atoms with Gasteiger partial charge in [-0.1, -0.05) is 5.16 Å². The number of nitrogens with one attached hydrogen (secondary N) is 1. The Morgan fingerprint density at radius 1 is 1.29 bits per heavy atom. The number of carbonyl (C=O) groups excluding carboxylic acids is 1. The SMILES string of the molecule is O=C(O)CCCOc1ccc(NC(=O)c2cc(C3CC3)no2)cc1. The third-order valence-corrected chi connectivity index (χ3v) is 3.66. The van der Waals surface area contributed by atoms with E-state index in [-0.39, 0.29) is 18.1 Å². The summed E-state index contributed by atoms with van der Waals surface area (Å²) < 4.78 is 10.5. The molecule has 1 aliphatic carbocycles. The van der Waals surface area contributed by atoms with Crippen LogP contribution in [0.15, 0.2) is 34.9 Å². The topological polar surface area (TPSA) is 102 Å². The van der Waals surface area contributed by atoms with Gasteiger partial charge >= 0.3 is 5.97 Å². The molecule has 0 atom stereocenters. The molecule has 0 bridgehead atoms. The van der Waals surface area contributed by atoms with Crippen LogP contribution < -0.4 is 10.1 Å². The van der Waals surface area contributed by atoms with E-state index in [4.69, 9.17) is 14.4 Å². The minimum Gasteiger partial charge on any atom is -0.494 e. The molecule has 1 heterocycles. The Kier molecular flexibility index (Phi) is 4.79. The fourth-order valence-corrected chi connectivity index (χ4v) is 2.21. The Morgan fingerprint density at radius 2 is 2.04 bits per heavy atom. The summed E-state index contributed by atoms with van der Waals surface area (Å²) in [6, 6.07) is 8.54. The van der Waals surface area contributed by atoms with Crippen molar-refractivity contribution in [3.8, 4) is 5.75 Å². The van der Waals surface area contributed by atoms with Crippen LogP contribution in [-0.2, 0) is 4.79 Å². The van der Waals surface area contributed by atoms with Crippen LogP contribution in [0.1, 0.15) is 47.8 Å². The van der Waals surface area contributed by atoms with Crippen LogP contribution in [0.2, 0.25) is 0 Å². The van der Waals surface area contributed by atoms with Crippen LogP contribution in [0.3, 0.4) is 0 Å². The average molecular weight is 330 g/mol. The number of aliphatic carboxylic acids is 1. The van der Waals surface area contributed by atoms with Crippen molar-refractivity contribution in [2.24, 2.45) is 0 Å². The summed E-state index contributed by atoms with van der Waals surface area (Å²) in [4.78, 5) is 22.5. The van der Waals surface area contributed by atoms with Crippen molar-refractivity contribution in [1.82, 2.24) is 5.16 Å². The Hall–Kier alpha value is -2.83. The first-order valence-corrected chi connectivity index (χ1v) is 7.84. The summed E-state index contributed by atoms with van der Waals surface area (Å²) >= 11 is 0. The highest BCUT2D eigenvalue weighted by Crippen LogP contribution is 2.39. The van der Waals surface area contributed by atoms with Gasteiger partial charge in [-0.05, 0) is 43.5 Å². The monoisotopic (exact) mass is 330 g/mol. The zero-order chi connectivity index (χ0) is 16.9. The number of rotatable bonds is 8. The van der Waals surface area contributed by atoms with E-state index >= 15 is 0 Å². The van der Waals surface area contributed by atoms with Crippen molar-refractivity contribution in [2.75, 3.05) is 11.9 Å². The van der Waals surface area contributed by atoms with E-state index in [2.05, 4.69) is 10.5 Å². The summed E-state index contributed by atoms with van der Waals surface area (Å²) in [5.74, 6) is 0.0753. The van der Waals surface area contributed by atoms with Gasteiger partial charge < -0.3 is 19.7 Å². The molecule has 2 N–H and O–H groups in total. The maximum absolute atomic E-state index is 12.1. The standard InChI is InChI=1S/C17H18N2O5/c20-16(21)2-1-9-23-13-7-5-12(6-8-13)18-17(22)15-10-14(19-24-15)11-3-4-11/h5-8,10-11H,1-4,9H2,(H,18,22)(H,20,21). The third-order valence-electron chi connectivity index (χ3n) is 3.66. The zero-order valence-electron chi connectivity index (χ0n) is 13.0. The van der Waals surface area contributed by atoms with Gasteiger partial charge in [0.15, 0.2) is 0 Å². The third kappa shape index (κ3) is 4.34. The Labute approximate surface area is 138 Å². The molecule has 0 unspecified atom stereocenters.